The van der Waals surface area contributed by atoms with Gasteiger partial charge < -0.3 is 51.5 Å². The Kier molecular flexibility index (Phi) is 9.01. The maximum Gasteiger partial charge on any atom is 0.342 e. The number of aryl methyl sites for hydroxylation is 1. The molecular weight excluding hydrogens is 536 g/mol. The van der Waals surface area contributed by atoms with E-state index in [2.05, 4.69) is 10.6 Å². The van der Waals surface area contributed by atoms with E-state index in [9.17, 15) is 39.9 Å². The monoisotopic (exact) mass is 574 g/mol. The summed E-state index contributed by atoms with van der Waals surface area (Å²) in [6.07, 6.45) is -1.55. The van der Waals surface area contributed by atoms with E-state index < -0.39 is 65.9 Å². The molecule has 0 aliphatic heterocycles. The fourth-order valence-electron chi connectivity index (χ4n) is 5.49. The second-order valence-electron chi connectivity index (χ2n) is 10.7. The molecule has 9 N–H and O–H groups in total. The largest absolute Gasteiger partial charge is 0.507 e. The molecule has 0 bridgehead atoms. The van der Waals surface area contributed by atoms with Gasteiger partial charge in [0.1, 0.15) is 35.7 Å². The number of hydrogen-bond donors (Lipinski definition) is 8. The molecule has 0 heterocycles. The SMILES string of the molecule is Cc1cccc(O)c1C(=O)OC[C@@]1(O)[C@@H](Nc2cccc(C(=O)CO)c2)[C@H](N)[C@@](NC(=O)N(C)C)([C@@H](C)O)[C@@]1(C)O. The molecule has 13 heteroatoms. The van der Waals surface area contributed by atoms with Crippen molar-refractivity contribution < 1.29 is 44.7 Å². The molecular formula is C28H38N4O9. The third-order valence-corrected chi connectivity index (χ3v) is 7.96. The zero-order valence-electron chi connectivity index (χ0n) is 23.6. The fourth-order valence-corrected chi connectivity index (χ4v) is 5.49. The predicted molar refractivity (Wildman–Crippen MR) is 149 cm³/mol. The summed E-state index contributed by atoms with van der Waals surface area (Å²) in [5, 5.41) is 60.3. The van der Waals surface area contributed by atoms with E-state index >= 15 is 0 Å². The first kappa shape index (κ1) is 31.8. The molecule has 2 amide bonds. The van der Waals surface area contributed by atoms with Crippen molar-refractivity contribution >= 4 is 23.5 Å². The van der Waals surface area contributed by atoms with E-state index in [-0.39, 0.29) is 22.6 Å². The maximum atomic E-state index is 13.0. The minimum atomic E-state index is -2.48. The van der Waals surface area contributed by atoms with Gasteiger partial charge in [-0.3, -0.25) is 4.79 Å². The number of hydrogen-bond acceptors (Lipinski definition) is 11. The molecule has 0 spiro atoms. The zero-order chi connectivity index (χ0) is 30.9. The van der Waals surface area contributed by atoms with Crippen LogP contribution >= 0.6 is 0 Å². The van der Waals surface area contributed by atoms with Gasteiger partial charge in [-0.05, 0) is 44.5 Å². The van der Waals surface area contributed by atoms with Crippen LogP contribution in [0.5, 0.6) is 5.75 Å². The molecule has 6 atom stereocenters. The second kappa shape index (κ2) is 11.6. The average molecular weight is 575 g/mol. The Morgan fingerprint density at radius 3 is 2.34 bits per heavy atom. The Balaban J connectivity index is 2.13. The highest BCUT2D eigenvalue weighted by molar-refractivity contribution is 5.97. The van der Waals surface area contributed by atoms with Crippen LogP contribution in [0.4, 0.5) is 10.5 Å². The van der Waals surface area contributed by atoms with Gasteiger partial charge in [-0.25, -0.2) is 9.59 Å². The molecule has 2 aromatic carbocycles. The molecule has 1 saturated carbocycles. The molecule has 224 valence electrons. The normalized spacial score (nSPS) is 28.0. The number of anilines is 1. The molecule has 0 radical (unpaired) electrons. The number of phenolic OH excluding ortho intramolecular Hbond substituents is 1. The van der Waals surface area contributed by atoms with Gasteiger partial charge >= 0.3 is 12.0 Å². The summed E-state index contributed by atoms with van der Waals surface area (Å²) in [6.45, 7) is 2.38. The summed E-state index contributed by atoms with van der Waals surface area (Å²) in [7, 11) is 2.87. The number of carbonyl (C=O) groups is 3. The molecule has 0 unspecified atom stereocenters. The third kappa shape index (κ3) is 5.34. The topological polar surface area (TPSA) is 215 Å². The lowest BCUT2D eigenvalue weighted by Gasteiger charge is -2.48. The Labute approximate surface area is 237 Å². The number of esters is 1. The number of carbonyl (C=O) groups excluding carboxylic acids is 3. The lowest BCUT2D eigenvalue weighted by atomic mass is 9.73. The van der Waals surface area contributed by atoms with Gasteiger partial charge in [0.15, 0.2) is 11.4 Å². The number of nitrogens with two attached hydrogens (primary N) is 1. The minimum Gasteiger partial charge on any atom is -0.507 e. The van der Waals surface area contributed by atoms with Crippen LogP contribution in [0.25, 0.3) is 0 Å². The zero-order valence-corrected chi connectivity index (χ0v) is 23.6. The van der Waals surface area contributed by atoms with Gasteiger partial charge in [0, 0.05) is 25.3 Å². The maximum absolute atomic E-state index is 13.0. The van der Waals surface area contributed by atoms with Gasteiger partial charge in [0.2, 0.25) is 0 Å². The van der Waals surface area contributed by atoms with Gasteiger partial charge in [-0.2, -0.15) is 0 Å². The second-order valence-corrected chi connectivity index (χ2v) is 10.7. The number of ether oxygens (including phenoxy) is 1. The molecule has 41 heavy (non-hydrogen) atoms. The summed E-state index contributed by atoms with van der Waals surface area (Å²) in [5.74, 6) is -1.93. The van der Waals surface area contributed by atoms with Gasteiger partial charge in [-0.15, -0.1) is 0 Å². The molecule has 3 rings (SSSR count). The Bertz CT molecular complexity index is 1290. The molecule has 2 aromatic rings. The van der Waals surface area contributed by atoms with Crippen LogP contribution in [0.1, 0.15) is 40.1 Å². The summed E-state index contributed by atoms with van der Waals surface area (Å²) in [5.41, 5.74) is 0.224. The third-order valence-electron chi connectivity index (χ3n) is 7.96. The van der Waals surface area contributed by atoms with Crippen molar-refractivity contribution in [3.63, 3.8) is 0 Å². The highest BCUT2D eigenvalue weighted by Crippen LogP contribution is 2.49. The van der Waals surface area contributed by atoms with Crippen LogP contribution < -0.4 is 16.4 Å². The van der Waals surface area contributed by atoms with Crippen molar-refractivity contribution in [2.75, 3.05) is 32.6 Å². The molecule has 1 aliphatic rings. The molecule has 13 nitrogen and oxygen atoms in total. The lowest BCUT2D eigenvalue weighted by Crippen LogP contribution is -2.76. The Morgan fingerprint density at radius 1 is 1.15 bits per heavy atom. The van der Waals surface area contributed by atoms with E-state index in [0.29, 0.717) is 5.56 Å². The fraction of sp³-hybridized carbons (Fsp3) is 0.464. The van der Waals surface area contributed by atoms with Crippen LogP contribution in [0, 0.1) is 6.92 Å². The first-order valence-corrected chi connectivity index (χ1v) is 12.9. The summed E-state index contributed by atoms with van der Waals surface area (Å²) < 4.78 is 5.44. The van der Waals surface area contributed by atoms with Crippen molar-refractivity contribution in [1.82, 2.24) is 10.2 Å². The number of aromatic hydroxyl groups is 1. The standard InChI is InChI=1S/C28H38N4O9/c1-15-8-6-11-19(35)21(15)24(37)41-14-27(40)23(30-18-10-7-9-17(12-18)20(36)13-33)22(29)28(16(2)34,26(27,3)39)31-25(38)32(4)5/h6-12,16,22-23,30,33-35,39-40H,13-14,29H2,1-5H3,(H,31,38)/t16-,22+,23+,26+,27-,28+/m1/s1. The predicted octanol–water partition coefficient (Wildman–Crippen LogP) is -0.273. The highest BCUT2D eigenvalue weighted by atomic mass is 16.5. The van der Waals surface area contributed by atoms with E-state index in [1.54, 1.807) is 13.0 Å². The number of rotatable bonds is 9. The number of nitrogens with zero attached hydrogens (tertiary/aromatic N) is 1. The van der Waals surface area contributed by atoms with Crippen LogP contribution in [0.3, 0.4) is 0 Å². The number of urea groups is 1. The number of benzene rings is 2. The van der Waals surface area contributed by atoms with Gasteiger partial charge in [0.05, 0.1) is 18.2 Å². The summed E-state index contributed by atoms with van der Waals surface area (Å²) in [6, 6.07) is 6.74. The number of Topliss-reactive ketones (excluding diaryl/α,β-unsaturated/α-hetero) is 1. The van der Waals surface area contributed by atoms with Crippen LogP contribution in [-0.2, 0) is 4.74 Å². The number of phenols is 1. The lowest BCUT2D eigenvalue weighted by molar-refractivity contribution is -0.186. The van der Waals surface area contributed by atoms with Crippen LogP contribution in [0.15, 0.2) is 42.5 Å². The molecule has 1 aliphatic carbocycles. The smallest absolute Gasteiger partial charge is 0.342 e. The van der Waals surface area contributed by atoms with Crippen LogP contribution in [0.2, 0.25) is 0 Å². The number of ketones is 1. The van der Waals surface area contributed by atoms with Crippen molar-refractivity contribution in [3.8, 4) is 5.75 Å². The van der Waals surface area contributed by atoms with Crippen molar-refractivity contribution in [1.29, 1.82) is 0 Å². The number of nitrogens with one attached hydrogen (secondary N) is 2. The van der Waals surface area contributed by atoms with Crippen molar-refractivity contribution in [2.45, 2.75) is 55.7 Å². The van der Waals surface area contributed by atoms with Gasteiger partial charge in [-0.1, -0.05) is 24.3 Å². The average Bonchev–Trinajstić information content (AvgIpc) is 3.03. The van der Waals surface area contributed by atoms with E-state index in [0.717, 1.165) is 11.8 Å². The Hall–Kier alpha value is -3.75. The van der Waals surface area contributed by atoms with Crippen molar-refractivity contribution in [3.05, 3.63) is 59.2 Å². The molecule has 1 fully saturated rings. The van der Waals surface area contributed by atoms with E-state index in [1.807, 2.05) is 0 Å². The first-order valence-electron chi connectivity index (χ1n) is 12.9. The number of aliphatic hydroxyl groups is 4. The minimum absolute atomic E-state index is 0.142. The van der Waals surface area contributed by atoms with E-state index in [1.165, 1.54) is 57.4 Å². The van der Waals surface area contributed by atoms with Gasteiger partial charge in [0.25, 0.3) is 0 Å². The van der Waals surface area contributed by atoms with Crippen molar-refractivity contribution in [2.24, 2.45) is 5.73 Å². The van der Waals surface area contributed by atoms with Crippen LogP contribution in [-0.4, -0.2) is 110 Å². The molecule has 0 saturated heterocycles. The Morgan fingerprint density at radius 2 is 1.78 bits per heavy atom. The summed E-state index contributed by atoms with van der Waals surface area (Å²) in [4.78, 5) is 39.1. The quantitative estimate of drug-likeness (QED) is 0.144. The number of aliphatic hydroxyl groups excluding tert-OH is 2. The summed E-state index contributed by atoms with van der Waals surface area (Å²) >= 11 is 0. The highest BCUT2D eigenvalue weighted by Gasteiger charge is 2.76. The first-order chi connectivity index (χ1) is 19.0. The molecule has 0 aromatic heterocycles. The van der Waals surface area contributed by atoms with E-state index in [4.69, 9.17) is 10.5 Å². The number of amides is 2.